The lowest BCUT2D eigenvalue weighted by atomic mass is 10.2. The smallest absolute Gasteiger partial charge is 0.251 e. The van der Waals surface area contributed by atoms with Gasteiger partial charge in [0.25, 0.3) is 5.91 Å². The number of carbonyl (C=O) groups excluding carboxylic acids is 1. The summed E-state index contributed by atoms with van der Waals surface area (Å²) < 4.78 is 3.48. The monoisotopic (exact) mass is 552 g/mol. The Morgan fingerprint density at radius 3 is 2.52 bits per heavy atom. The second-order valence-electron chi connectivity index (χ2n) is 5.52. The number of pyridine rings is 1. The van der Waals surface area contributed by atoms with Crippen LogP contribution in [0.3, 0.4) is 0 Å². The normalized spacial score (nSPS) is 11.7. The Balaban J connectivity index is 1.87. The minimum absolute atomic E-state index is 0.247. The molecular formula is C17H11Br3N6O. The number of nitrogens with zero attached hydrogens (tertiary/aromatic N) is 5. The first-order valence-corrected chi connectivity index (χ1v) is 10.0. The van der Waals surface area contributed by atoms with Crippen molar-refractivity contribution in [3.05, 3.63) is 67.2 Å². The van der Waals surface area contributed by atoms with Crippen LogP contribution < -0.4 is 5.32 Å². The van der Waals surface area contributed by atoms with E-state index in [1.54, 1.807) is 24.3 Å². The Morgan fingerprint density at radius 2 is 1.93 bits per heavy atom. The zero-order valence-corrected chi connectivity index (χ0v) is 18.6. The number of halogens is 3. The van der Waals surface area contributed by atoms with Gasteiger partial charge in [0, 0.05) is 20.7 Å². The van der Waals surface area contributed by atoms with Crippen LogP contribution in [0.25, 0.3) is 5.82 Å². The molecule has 1 aromatic carbocycles. The number of rotatable bonds is 4. The van der Waals surface area contributed by atoms with Gasteiger partial charge in [-0.15, -0.1) is 5.10 Å². The van der Waals surface area contributed by atoms with E-state index in [0.717, 1.165) is 8.95 Å². The van der Waals surface area contributed by atoms with E-state index in [0.29, 0.717) is 27.5 Å². The molecule has 7 nitrogen and oxygen atoms in total. The van der Waals surface area contributed by atoms with Crippen LogP contribution >= 0.6 is 47.8 Å². The standard InChI is InChI=1S/C17H11Br3N6O/c1-9(23-16(27)11-4-12(18)6-13(19)5-11)15-24-17(20)25-26(15)14-3-2-10(7-21)8-22-14/h2-6,8-9H,1H3,(H,23,27). The van der Waals surface area contributed by atoms with Gasteiger partial charge in [-0.2, -0.15) is 9.94 Å². The maximum Gasteiger partial charge on any atom is 0.251 e. The SMILES string of the molecule is CC(NC(=O)c1cc(Br)cc(Br)c1)c1nc(Br)nn1-c1ccc(C#N)cn1. The summed E-state index contributed by atoms with van der Waals surface area (Å²) >= 11 is 10.0. The molecule has 0 aliphatic rings. The predicted octanol–water partition coefficient (Wildman–Crippen LogP) is 4.31. The van der Waals surface area contributed by atoms with Crippen LogP contribution in [-0.2, 0) is 0 Å². The molecule has 0 bridgehead atoms. The molecule has 1 unspecified atom stereocenters. The van der Waals surface area contributed by atoms with Gasteiger partial charge in [0.05, 0.1) is 11.6 Å². The van der Waals surface area contributed by atoms with Gasteiger partial charge in [-0.25, -0.2) is 9.97 Å². The van der Waals surface area contributed by atoms with E-state index in [2.05, 4.69) is 68.2 Å². The van der Waals surface area contributed by atoms with E-state index in [1.807, 2.05) is 19.1 Å². The molecule has 10 heteroatoms. The largest absolute Gasteiger partial charge is 0.342 e. The molecule has 3 aromatic rings. The number of aromatic nitrogens is 4. The molecule has 0 aliphatic carbocycles. The fourth-order valence-electron chi connectivity index (χ4n) is 2.35. The van der Waals surface area contributed by atoms with Crippen molar-refractivity contribution in [3.8, 4) is 11.9 Å². The van der Waals surface area contributed by atoms with E-state index in [4.69, 9.17) is 5.26 Å². The molecular weight excluding hydrogens is 544 g/mol. The summed E-state index contributed by atoms with van der Waals surface area (Å²) in [6.45, 7) is 1.81. The lowest BCUT2D eigenvalue weighted by molar-refractivity contribution is 0.0937. The Hall–Kier alpha value is -2.09. The highest BCUT2D eigenvalue weighted by Crippen LogP contribution is 2.22. The molecule has 2 heterocycles. The molecule has 1 atom stereocenters. The fraction of sp³-hybridized carbons (Fsp3) is 0.118. The molecule has 0 aliphatic heterocycles. The van der Waals surface area contributed by atoms with E-state index < -0.39 is 6.04 Å². The highest BCUT2D eigenvalue weighted by Gasteiger charge is 2.20. The molecule has 2 aromatic heterocycles. The van der Waals surface area contributed by atoms with Crippen LogP contribution in [0.1, 0.15) is 34.7 Å². The van der Waals surface area contributed by atoms with Gasteiger partial charge in [0.15, 0.2) is 11.6 Å². The third-order valence-electron chi connectivity index (χ3n) is 3.56. The molecule has 0 saturated heterocycles. The summed E-state index contributed by atoms with van der Waals surface area (Å²) in [5.41, 5.74) is 0.950. The Labute approximate surface area is 180 Å². The van der Waals surface area contributed by atoms with Crippen molar-refractivity contribution in [2.45, 2.75) is 13.0 Å². The number of hydrogen-bond donors (Lipinski definition) is 1. The zero-order chi connectivity index (χ0) is 19.6. The zero-order valence-electron chi connectivity index (χ0n) is 13.8. The molecule has 0 fully saturated rings. The maximum atomic E-state index is 12.6. The van der Waals surface area contributed by atoms with E-state index in [-0.39, 0.29) is 5.91 Å². The second-order valence-corrected chi connectivity index (χ2v) is 8.06. The van der Waals surface area contributed by atoms with Gasteiger partial charge < -0.3 is 5.32 Å². The van der Waals surface area contributed by atoms with E-state index in [9.17, 15) is 4.79 Å². The molecule has 27 heavy (non-hydrogen) atoms. The van der Waals surface area contributed by atoms with Crippen LogP contribution in [0.2, 0.25) is 0 Å². The Morgan fingerprint density at radius 1 is 1.22 bits per heavy atom. The summed E-state index contributed by atoms with van der Waals surface area (Å²) in [6.07, 6.45) is 1.46. The van der Waals surface area contributed by atoms with Crippen LogP contribution in [0.15, 0.2) is 50.2 Å². The van der Waals surface area contributed by atoms with E-state index in [1.165, 1.54) is 10.9 Å². The van der Waals surface area contributed by atoms with Crippen LogP contribution in [0, 0.1) is 11.3 Å². The number of benzene rings is 1. The minimum atomic E-state index is -0.438. The van der Waals surface area contributed by atoms with Crippen molar-refractivity contribution in [2.75, 3.05) is 0 Å². The van der Waals surface area contributed by atoms with Crippen molar-refractivity contribution in [1.82, 2.24) is 25.1 Å². The summed E-state index contributed by atoms with van der Waals surface area (Å²) in [4.78, 5) is 21.2. The van der Waals surface area contributed by atoms with Crippen LogP contribution in [-0.4, -0.2) is 25.7 Å². The average Bonchev–Trinajstić information content (AvgIpc) is 3.03. The Kier molecular flexibility index (Phi) is 6.04. The fourth-order valence-corrected chi connectivity index (χ4v) is 3.99. The first kappa shape index (κ1) is 19.7. The first-order valence-electron chi connectivity index (χ1n) is 7.63. The van der Waals surface area contributed by atoms with Crippen molar-refractivity contribution in [3.63, 3.8) is 0 Å². The molecule has 1 N–H and O–H groups in total. The van der Waals surface area contributed by atoms with Crippen molar-refractivity contribution >= 4 is 53.7 Å². The van der Waals surface area contributed by atoms with Gasteiger partial charge >= 0.3 is 0 Å². The van der Waals surface area contributed by atoms with Crippen molar-refractivity contribution < 1.29 is 4.79 Å². The first-order chi connectivity index (χ1) is 12.9. The minimum Gasteiger partial charge on any atom is -0.342 e. The predicted molar refractivity (Wildman–Crippen MR) is 109 cm³/mol. The van der Waals surface area contributed by atoms with Gasteiger partial charge in [-0.1, -0.05) is 31.9 Å². The highest BCUT2D eigenvalue weighted by molar-refractivity contribution is 9.11. The van der Waals surface area contributed by atoms with Gasteiger partial charge in [0.1, 0.15) is 6.07 Å². The molecule has 0 radical (unpaired) electrons. The third-order valence-corrected chi connectivity index (χ3v) is 4.81. The van der Waals surface area contributed by atoms with Crippen molar-refractivity contribution in [2.24, 2.45) is 0 Å². The van der Waals surface area contributed by atoms with Gasteiger partial charge in [-0.05, 0) is 53.2 Å². The number of nitrogens with one attached hydrogen (secondary N) is 1. The second kappa shape index (κ2) is 8.29. The lowest BCUT2D eigenvalue weighted by Gasteiger charge is -2.14. The topological polar surface area (TPSA) is 96.5 Å². The van der Waals surface area contributed by atoms with Crippen molar-refractivity contribution in [1.29, 1.82) is 5.26 Å². The summed E-state index contributed by atoms with van der Waals surface area (Å²) in [5.74, 6) is 0.748. The van der Waals surface area contributed by atoms with Gasteiger partial charge in [-0.3, -0.25) is 4.79 Å². The molecule has 0 spiro atoms. The number of carbonyl (C=O) groups is 1. The van der Waals surface area contributed by atoms with Crippen LogP contribution in [0.4, 0.5) is 0 Å². The molecule has 0 saturated carbocycles. The van der Waals surface area contributed by atoms with Gasteiger partial charge in [0.2, 0.25) is 4.73 Å². The summed E-state index contributed by atoms with van der Waals surface area (Å²) in [7, 11) is 0. The number of amides is 1. The summed E-state index contributed by atoms with van der Waals surface area (Å²) in [5, 5.41) is 16.1. The maximum absolute atomic E-state index is 12.6. The average molecular weight is 555 g/mol. The highest BCUT2D eigenvalue weighted by atomic mass is 79.9. The quantitative estimate of drug-likeness (QED) is 0.518. The number of hydrogen-bond acceptors (Lipinski definition) is 5. The number of nitriles is 1. The molecule has 3 rings (SSSR count). The van der Waals surface area contributed by atoms with Crippen LogP contribution in [0.5, 0.6) is 0 Å². The molecule has 136 valence electrons. The van der Waals surface area contributed by atoms with E-state index >= 15 is 0 Å². The molecule has 1 amide bonds. The lowest BCUT2D eigenvalue weighted by Crippen LogP contribution is -2.28. The Bertz CT molecular complexity index is 1020. The summed E-state index contributed by atoms with van der Waals surface area (Å²) in [6, 6.07) is 10.2. The third kappa shape index (κ3) is 4.61.